The van der Waals surface area contributed by atoms with Crippen LogP contribution in [0.5, 0.6) is 5.75 Å². The lowest BCUT2D eigenvalue weighted by Gasteiger charge is -2.40. The van der Waals surface area contributed by atoms with Gasteiger partial charge in [-0.15, -0.1) is 11.3 Å². The number of rotatable bonds is 6. The van der Waals surface area contributed by atoms with Gasteiger partial charge in [0.15, 0.2) is 0 Å². The van der Waals surface area contributed by atoms with Crippen molar-refractivity contribution in [2.24, 2.45) is 5.73 Å². The number of carbonyl (C=O) groups is 1. The summed E-state index contributed by atoms with van der Waals surface area (Å²) in [5.41, 5.74) is 6.15. The SMILES string of the molecule is NCCCOc1ccc(C(=O)N2CCC2c2cccs2)cc1. The van der Waals surface area contributed by atoms with E-state index < -0.39 is 0 Å². The van der Waals surface area contributed by atoms with Gasteiger partial charge in [0.1, 0.15) is 5.75 Å². The van der Waals surface area contributed by atoms with Gasteiger partial charge in [0.2, 0.25) is 0 Å². The summed E-state index contributed by atoms with van der Waals surface area (Å²) in [7, 11) is 0. The van der Waals surface area contributed by atoms with E-state index in [0.717, 1.165) is 25.1 Å². The number of nitrogens with zero attached hydrogens (tertiary/aromatic N) is 1. The molecule has 1 aliphatic heterocycles. The molecule has 1 atom stereocenters. The fraction of sp³-hybridized carbons (Fsp3) is 0.353. The molecular formula is C17H20N2O2S. The van der Waals surface area contributed by atoms with Crippen LogP contribution in [0.4, 0.5) is 0 Å². The minimum atomic E-state index is 0.0955. The number of likely N-dealkylation sites (tertiary alicyclic amines) is 1. The lowest BCUT2D eigenvalue weighted by atomic mass is 9.99. The molecule has 1 amide bonds. The third-order valence-corrected chi connectivity index (χ3v) is 4.84. The molecule has 4 nitrogen and oxygen atoms in total. The van der Waals surface area contributed by atoms with E-state index in [1.54, 1.807) is 11.3 Å². The summed E-state index contributed by atoms with van der Waals surface area (Å²) in [4.78, 5) is 15.8. The zero-order valence-electron chi connectivity index (χ0n) is 12.4. The minimum Gasteiger partial charge on any atom is -0.494 e. The van der Waals surface area contributed by atoms with Crippen LogP contribution in [0.1, 0.15) is 34.1 Å². The van der Waals surface area contributed by atoms with Crippen LogP contribution in [0.25, 0.3) is 0 Å². The standard InChI is InChI=1S/C17H20N2O2S/c18-9-2-11-21-14-6-4-13(5-7-14)17(20)19-10-8-15(19)16-3-1-12-22-16/h1,3-7,12,15H,2,8-11,18H2. The highest BCUT2D eigenvalue weighted by Gasteiger charge is 2.34. The van der Waals surface area contributed by atoms with Gasteiger partial charge in [0.25, 0.3) is 5.91 Å². The van der Waals surface area contributed by atoms with Gasteiger partial charge in [0.05, 0.1) is 12.6 Å². The van der Waals surface area contributed by atoms with E-state index in [1.807, 2.05) is 35.2 Å². The molecule has 0 saturated carbocycles. The second-order valence-electron chi connectivity index (χ2n) is 5.33. The van der Waals surface area contributed by atoms with E-state index in [0.29, 0.717) is 18.7 Å². The van der Waals surface area contributed by atoms with Gasteiger partial charge in [-0.25, -0.2) is 0 Å². The van der Waals surface area contributed by atoms with Crippen LogP contribution in [-0.4, -0.2) is 30.5 Å². The lowest BCUT2D eigenvalue weighted by Crippen LogP contribution is -2.44. The molecular weight excluding hydrogens is 296 g/mol. The summed E-state index contributed by atoms with van der Waals surface area (Å²) in [6, 6.07) is 11.8. The Labute approximate surface area is 134 Å². The summed E-state index contributed by atoms with van der Waals surface area (Å²) in [6.45, 7) is 2.06. The molecule has 0 radical (unpaired) electrons. The molecule has 5 heteroatoms. The number of hydrogen-bond donors (Lipinski definition) is 1. The average molecular weight is 316 g/mol. The lowest BCUT2D eigenvalue weighted by molar-refractivity contribution is 0.0468. The zero-order valence-corrected chi connectivity index (χ0v) is 13.2. The molecule has 1 unspecified atom stereocenters. The number of benzene rings is 1. The van der Waals surface area contributed by atoms with Crippen LogP contribution in [0.15, 0.2) is 41.8 Å². The van der Waals surface area contributed by atoms with Gasteiger partial charge >= 0.3 is 0 Å². The molecule has 3 rings (SSSR count). The third kappa shape index (κ3) is 3.15. The predicted octanol–water partition coefficient (Wildman–Crippen LogP) is 3.06. The Morgan fingerprint density at radius 3 is 2.73 bits per heavy atom. The predicted molar refractivity (Wildman–Crippen MR) is 88.3 cm³/mol. The van der Waals surface area contributed by atoms with Crippen molar-refractivity contribution in [3.63, 3.8) is 0 Å². The first-order valence-electron chi connectivity index (χ1n) is 7.57. The Bertz CT molecular complexity index is 610. The molecule has 0 aliphatic carbocycles. The Morgan fingerprint density at radius 2 is 2.14 bits per heavy atom. The summed E-state index contributed by atoms with van der Waals surface area (Å²) in [5, 5.41) is 2.06. The molecule has 2 aromatic rings. The third-order valence-electron chi connectivity index (χ3n) is 3.87. The maximum atomic E-state index is 12.6. The van der Waals surface area contributed by atoms with Gasteiger partial charge in [-0.1, -0.05) is 6.07 Å². The van der Waals surface area contributed by atoms with Crippen LogP contribution in [0, 0.1) is 0 Å². The normalized spacial score (nSPS) is 17.1. The van der Waals surface area contributed by atoms with Crippen molar-refractivity contribution < 1.29 is 9.53 Å². The molecule has 0 bridgehead atoms. The van der Waals surface area contributed by atoms with E-state index in [1.165, 1.54) is 4.88 Å². The summed E-state index contributed by atoms with van der Waals surface area (Å²) >= 11 is 1.71. The maximum Gasteiger partial charge on any atom is 0.254 e. The first kappa shape index (κ1) is 15.1. The molecule has 1 fully saturated rings. The van der Waals surface area contributed by atoms with Gasteiger partial charge in [-0.3, -0.25) is 4.79 Å². The topological polar surface area (TPSA) is 55.6 Å². The number of amides is 1. The summed E-state index contributed by atoms with van der Waals surface area (Å²) < 4.78 is 5.56. The molecule has 1 aromatic heterocycles. The highest BCUT2D eigenvalue weighted by atomic mass is 32.1. The number of thiophene rings is 1. The maximum absolute atomic E-state index is 12.6. The van der Waals surface area contributed by atoms with Crippen molar-refractivity contribution in [2.75, 3.05) is 19.7 Å². The summed E-state index contributed by atoms with van der Waals surface area (Å²) in [5.74, 6) is 0.876. The highest BCUT2D eigenvalue weighted by molar-refractivity contribution is 7.10. The van der Waals surface area contributed by atoms with Crippen molar-refractivity contribution in [1.82, 2.24) is 4.90 Å². The van der Waals surface area contributed by atoms with Gasteiger partial charge in [0, 0.05) is 17.0 Å². The van der Waals surface area contributed by atoms with E-state index >= 15 is 0 Å². The van der Waals surface area contributed by atoms with Crippen molar-refractivity contribution in [3.05, 3.63) is 52.2 Å². The van der Waals surface area contributed by atoms with Gasteiger partial charge < -0.3 is 15.4 Å². The van der Waals surface area contributed by atoms with Crippen molar-refractivity contribution in [2.45, 2.75) is 18.9 Å². The summed E-state index contributed by atoms with van der Waals surface area (Å²) in [6.07, 6.45) is 1.88. The minimum absolute atomic E-state index is 0.0955. The Morgan fingerprint density at radius 1 is 1.32 bits per heavy atom. The van der Waals surface area contributed by atoms with E-state index in [4.69, 9.17) is 10.5 Å². The van der Waals surface area contributed by atoms with Crippen LogP contribution < -0.4 is 10.5 Å². The largest absolute Gasteiger partial charge is 0.494 e. The second-order valence-corrected chi connectivity index (χ2v) is 6.31. The number of ether oxygens (including phenoxy) is 1. The van der Waals surface area contributed by atoms with Gasteiger partial charge in [-0.05, 0) is 55.1 Å². The highest BCUT2D eigenvalue weighted by Crippen LogP contribution is 2.36. The van der Waals surface area contributed by atoms with Crippen molar-refractivity contribution >= 4 is 17.2 Å². The first-order chi connectivity index (χ1) is 10.8. The van der Waals surface area contributed by atoms with Crippen LogP contribution in [0.2, 0.25) is 0 Å². The quantitative estimate of drug-likeness (QED) is 0.833. The molecule has 2 heterocycles. The van der Waals surface area contributed by atoms with E-state index in [-0.39, 0.29) is 11.9 Å². The van der Waals surface area contributed by atoms with Gasteiger partial charge in [-0.2, -0.15) is 0 Å². The molecule has 1 saturated heterocycles. The fourth-order valence-corrected chi connectivity index (χ4v) is 3.41. The van der Waals surface area contributed by atoms with Crippen molar-refractivity contribution in [3.8, 4) is 5.75 Å². The monoisotopic (exact) mass is 316 g/mol. The molecule has 2 N–H and O–H groups in total. The van der Waals surface area contributed by atoms with E-state index in [9.17, 15) is 4.79 Å². The Hall–Kier alpha value is -1.85. The molecule has 0 spiro atoms. The Balaban J connectivity index is 1.63. The van der Waals surface area contributed by atoms with Crippen molar-refractivity contribution in [1.29, 1.82) is 0 Å². The molecule has 1 aromatic carbocycles. The van der Waals surface area contributed by atoms with E-state index in [2.05, 4.69) is 11.4 Å². The Kier molecular flexibility index (Phi) is 4.75. The zero-order chi connectivity index (χ0) is 15.4. The average Bonchev–Trinajstić information content (AvgIpc) is 3.01. The molecule has 1 aliphatic rings. The smallest absolute Gasteiger partial charge is 0.254 e. The second kappa shape index (κ2) is 6.94. The molecule has 116 valence electrons. The van der Waals surface area contributed by atoms with Crippen LogP contribution in [0.3, 0.4) is 0 Å². The first-order valence-corrected chi connectivity index (χ1v) is 8.45. The number of nitrogens with two attached hydrogens (primary N) is 1. The number of hydrogen-bond acceptors (Lipinski definition) is 4. The number of carbonyl (C=O) groups excluding carboxylic acids is 1. The van der Waals surface area contributed by atoms with Crippen LogP contribution in [-0.2, 0) is 0 Å². The van der Waals surface area contributed by atoms with Crippen LogP contribution >= 0.6 is 11.3 Å². The fourth-order valence-electron chi connectivity index (χ4n) is 2.54. The molecule has 22 heavy (non-hydrogen) atoms.